The van der Waals surface area contributed by atoms with Gasteiger partial charge in [0, 0.05) is 15.8 Å². The van der Waals surface area contributed by atoms with Gasteiger partial charge in [-0.2, -0.15) is 11.3 Å². The van der Waals surface area contributed by atoms with E-state index < -0.39 is 11.8 Å². The molecule has 2 N–H and O–H groups in total. The number of amides is 2. The lowest BCUT2D eigenvalue weighted by Gasteiger charge is -2.04. The summed E-state index contributed by atoms with van der Waals surface area (Å²) in [5.41, 5.74) is 0.653. The van der Waals surface area contributed by atoms with Gasteiger partial charge in [-0.1, -0.05) is 0 Å². The van der Waals surface area contributed by atoms with Crippen molar-refractivity contribution in [3.8, 4) is 0 Å². The van der Waals surface area contributed by atoms with Gasteiger partial charge in [0.2, 0.25) is 5.78 Å². The minimum Gasteiger partial charge on any atom is -0.467 e. The zero-order valence-corrected chi connectivity index (χ0v) is 14.6. The summed E-state index contributed by atoms with van der Waals surface area (Å²) in [6.45, 7) is 0.339. The van der Waals surface area contributed by atoms with Gasteiger partial charge in [-0.15, -0.1) is 11.3 Å². The van der Waals surface area contributed by atoms with Crippen molar-refractivity contribution in [3.63, 3.8) is 0 Å². The van der Waals surface area contributed by atoms with E-state index in [4.69, 9.17) is 4.42 Å². The lowest BCUT2D eigenvalue weighted by atomic mass is 10.2. The number of carbonyl (C=O) groups excluding carboxylic acids is 3. The predicted molar refractivity (Wildman–Crippen MR) is 94.5 cm³/mol. The van der Waals surface area contributed by atoms with E-state index in [1.807, 2.05) is 5.38 Å². The molecule has 8 heteroatoms. The van der Waals surface area contributed by atoms with Gasteiger partial charge >= 0.3 is 11.8 Å². The Hall–Kier alpha value is -2.71. The fourth-order valence-electron chi connectivity index (χ4n) is 2.04. The molecule has 0 fully saturated rings. The Labute approximate surface area is 151 Å². The molecule has 6 nitrogen and oxygen atoms in total. The Bertz CT molecular complexity index is 867. The van der Waals surface area contributed by atoms with E-state index >= 15 is 0 Å². The van der Waals surface area contributed by atoms with E-state index in [1.165, 1.54) is 28.9 Å². The molecule has 0 aliphatic rings. The van der Waals surface area contributed by atoms with Gasteiger partial charge in [-0.05, 0) is 35.7 Å². The monoisotopic (exact) mass is 374 g/mol. The zero-order chi connectivity index (χ0) is 17.6. The fraction of sp³-hybridized carbons (Fsp3) is 0.118. The molecule has 128 valence electrons. The van der Waals surface area contributed by atoms with Gasteiger partial charge in [0.25, 0.3) is 0 Å². The highest BCUT2D eigenvalue weighted by Crippen LogP contribution is 2.21. The molecule has 0 atom stereocenters. The molecule has 3 rings (SSSR count). The van der Waals surface area contributed by atoms with Crippen LogP contribution in [0.25, 0.3) is 0 Å². The summed E-state index contributed by atoms with van der Waals surface area (Å²) in [6, 6.07) is 8.68. The average molecular weight is 374 g/mol. The molecule has 2 amide bonds. The Morgan fingerprint density at radius 1 is 1.00 bits per heavy atom. The molecule has 3 heterocycles. The molecule has 0 aliphatic carbocycles. The minimum atomic E-state index is -0.734. The maximum absolute atomic E-state index is 12.2. The Morgan fingerprint density at radius 2 is 1.80 bits per heavy atom. The molecule has 0 spiro atoms. The third-order valence-corrected chi connectivity index (χ3v) is 5.07. The number of furan rings is 1. The van der Waals surface area contributed by atoms with Crippen LogP contribution in [0.15, 0.2) is 51.8 Å². The zero-order valence-electron chi connectivity index (χ0n) is 13.0. The molecular weight excluding hydrogens is 360 g/mol. The number of nitrogens with one attached hydrogen (secondary N) is 2. The standard InChI is InChI=1S/C17H14N2O4S2/c20-15(11-5-7-24-10-11)14-4-3-13(25-14)9-19-17(22)16(21)18-8-12-2-1-6-23-12/h1-7,10H,8-9H2,(H,18,21)(H,19,22). The van der Waals surface area contributed by atoms with Gasteiger partial charge in [-0.3, -0.25) is 14.4 Å². The second kappa shape index (κ2) is 7.91. The number of carbonyl (C=O) groups is 3. The van der Waals surface area contributed by atoms with Gasteiger partial charge in [0.1, 0.15) is 5.76 Å². The summed E-state index contributed by atoms with van der Waals surface area (Å²) in [6.07, 6.45) is 1.49. The first-order valence-corrected chi connectivity index (χ1v) is 9.13. The molecule has 3 aromatic heterocycles. The lowest BCUT2D eigenvalue weighted by Crippen LogP contribution is -2.39. The van der Waals surface area contributed by atoms with Crippen molar-refractivity contribution in [1.82, 2.24) is 10.6 Å². The largest absolute Gasteiger partial charge is 0.467 e. The van der Waals surface area contributed by atoms with Gasteiger partial charge in [0.15, 0.2) is 0 Å². The van der Waals surface area contributed by atoms with Crippen LogP contribution in [0.4, 0.5) is 0 Å². The van der Waals surface area contributed by atoms with Crippen LogP contribution >= 0.6 is 22.7 Å². The Kier molecular flexibility index (Phi) is 5.42. The van der Waals surface area contributed by atoms with E-state index in [1.54, 1.807) is 35.7 Å². The summed E-state index contributed by atoms with van der Waals surface area (Å²) in [7, 11) is 0. The molecule has 25 heavy (non-hydrogen) atoms. The van der Waals surface area contributed by atoms with Crippen molar-refractivity contribution < 1.29 is 18.8 Å². The van der Waals surface area contributed by atoms with Crippen LogP contribution in [0.5, 0.6) is 0 Å². The quantitative estimate of drug-likeness (QED) is 0.513. The molecule has 0 saturated carbocycles. The second-order valence-corrected chi connectivity index (χ2v) is 7.00. The summed E-state index contributed by atoms with van der Waals surface area (Å²) in [5, 5.41) is 8.65. The fourth-order valence-corrected chi connectivity index (χ4v) is 3.58. The van der Waals surface area contributed by atoms with Crippen molar-refractivity contribution in [3.05, 3.63) is 68.4 Å². The third-order valence-electron chi connectivity index (χ3n) is 3.30. The van der Waals surface area contributed by atoms with Crippen molar-refractivity contribution in [2.24, 2.45) is 0 Å². The van der Waals surface area contributed by atoms with Gasteiger partial charge in [0.05, 0.1) is 24.2 Å². The minimum absolute atomic E-state index is 0.0417. The van der Waals surface area contributed by atoms with Crippen LogP contribution in [0.3, 0.4) is 0 Å². The topological polar surface area (TPSA) is 88.4 Å². The molecule has 0 aliphatic heterocycles. The van der Waals surface area contributed by atoms with Gasteiger partial charge in [-0.25, -0.2) is 0 Å². The maximum Gasteiger partial charge on any atom is 0.309 e. The Balaban J connectivity index is 1.49. The summed E-state index contributed by atoms with van der Waals surface area (Å²) in [5.74, 6) is -0.941. The second-order valence-electron chi connectivity index (χ2n) is 5.05. The van der Waals surface area contributed by atoms with Crippen LogP contribution in [0.1, 0.15) is 25.9 Å². The van der Waals surface area contributed by atoms with Crippen LogP contribution in [-0.2, 0) is 22.7 Å². The first-order chi connectivity index (χ1) is 12.1. The number of rotatable bonds is 6. The SMILES string of the molecule is O=C(NCc1ccco1)C(=O)NCc1ccc(C(=O)c2ccsc2)s1. The first-order valence-electron chi connectivity index (χ1n) is 7.37. The van der Waals surface area contributed by atoms with Gasteiger partial charge < -0.3 is 15.1 Å². The molecule has 0 saturated heterocycles. The number of hydrogen-bond donors (Lipinski definition) is 2. The highest BCUT2D eigenvalue weighted by molar-refractivity contribution is 7.14. The van der Waals surface area contributed by atoms with E-state index in [2.05, 4.69) is 10.6 Å². The average Bonchev–Trinajstić information content (AvgIpc) is 3.39. The highest BCUT2D eigenvalue weighted by atomic mass is 32.1. The molecule has 3 aromatic rings. The van der Waals surface area contributed by atoms with Crippen LogP contribution in [0, 0.1) is 0 Å². The smallest absolute Gasteiger partial charge is 0.309 e. The molecule has 0 unspecified atom stereocenters. The molecule has 0 radical (unpaired) electrons. The number of thiophene rings is 2. The van der Waals surface area contributed by atoms with E-state index in [-0.39, 0.29) is 18.9 Å². The van der Waals surface area contributed by atoms with E-state index in [9.17, 15) is 14.4 Å². The van der Waals surface area contributed by atoms with Crippen molar-refractivity contribution >= 4 is 40.3 Å². The highest BCUT2D eigenvalue weighted by Gasteiger charge is 2.15. The molecule has 0 bridgehead atoms. The van der Waals surface area contributed by atoms with Crippen LogP contribution in [-0.4, -0.2) is 17.6 Å². The normalized spacial score (nSPS) is 10.4. The van der Waals surface area contributed by atoms with Crippen LogP contribution < -0.4 is 10.6 Å². The van der Waals surface area contributed by atoms with E-state index in [0.29, 0.717) is 16.2 Å². The third kappa shape index (κ3) is 4.43. The van der Waals surface area contributed by atoms with Crippen molar-refractivity contribution in [2.75, 3.05) is 0 Å². The van der Waals surface area contributed by atoms with Crippen molar-refractivity contribution in [1.29, 1.82) is 0 Å². The summed E-state index contributed by atoms with van der Waals surface area (Å²) >= 11 is 2.76. The number of hydrogen-bond acceptors (Lipinski definition) is 6. The summed E-state index contributed by atoms with van der Waals surface area (Å²) < 4.78 is 5.07. The lowest BCUT2D eigenvalue weighted by molar-refractivity contribution is -0.139. The first kappa shape index (κ1) is 17.1. The molecule has 0 aromatic carbocycles. The van der Waals surface area contributed by atoms with E-state index in [0.717, 1.165) is 4.88 Å². The summed E-state index contributed by atoms with van der Waals surface area (Å²) in [4.78, 5) is 37.1. The van der Waals surface area contributed by atoms with Crippen LogP contribution in [0.2, 0.25) is 0 Å². The maximum atomic E-state index is 12.2. The predicted octanol–water partition coefficient (Wildman–Crippen LogP) is 2.57. The molecular formula is C17H14N2O4S2. The van der Waals surface area contributed by atoms with Crippen molar-refractivity contribution in [2.45, 2.75) is 13.1 Å². The number of ketones is 1. The Morgan fingerprint density at radius 3 is 2.48 bits per heavy atom.